The first-order valence-electron chi connectivity index (χ1n) is 3.84. The number of carbonyl (C=O) groups is 1. The highest BCUT2D eigenvalue weighted by molar-refractivity contribution is 5.78. The molecule has 0 aliphatic rings. The van der Waals surface area contributed by atoms with Gasteiger partial charge in [0.25, 0.3) is 0 Å². The van der Waals surface area contributed by atoms with Gasteiger partial charge in [0.05, 0.1) is 6.10 Å². The first-order valence-corrected chi connectivity index (χ1v) is 3.84. The molecule has 4 nitrogen and oxygen atoms in total. The number of aliphatic carboxylic acids is 1. The van der Waals surface area contributed by atoms with Crippen LogP contribution in [0.15, 0.2) is 25.3 Å². The average Bonchev–Trinajstić information content (AvgIpc) is 2.04. The van der Waals surface area contributed by atoms with Gasteiger partial charge >= 0.3 is 5.97 Å². The van der Waals surface area contributed by atoms with Crippen molar-refractivity contribution >= 4 is 5.97 Å². The smallest absolute Gasteiger partial charge is 0.338 e. The summed E-state index contributed by atoms with van der Waals surface area (Å²) in [4.78, 5) is 10.6. The molecular weight excluding hydrogens is 172 g/mol. The molecule has 0 bridgehead atoms. The molecule has 0 aromatic heterocycles. The van der Waals surface area contributed by atoms with Gasteiger partial charge in [-0.05, 0) is 6.42 Å². The van der Waals surface area contributed by atoms with E-state index in [1.807, 2.05) is 0 Å². The lowest BCUT2D eigenvalue weighted by Crippen LogP contribution is -2.49. The maximum absolute atomic E-state index is 10.6. The van der Waals surface area contributed by atoms with Crippen LogP contribution < -0.4 is 0 Å². The molecule has 0 fully saturated rings. The quantitative estimate of drug-likeness (QED) is 0.522. The molecule has 0 amide bonds. The first kappa shape index (κ1) is 11.9. The summed E-state index contributed by atoms with van der Waals surface area (Å²) in [7, 11) is 0. The Morgan fingerprint density at radius 2 is 2.00 bits per heavy atom. The Morgan fingerprint density at radius 3 is 2.31 bits per heavy atom. The summed E-state index contributed by atoms with van der Waals surface area (Å²) in [6.45, 7) is 6.65. The molecule has 0 radical (unpaired) electrons. The molecular formula is C9H14O4. The van der Waals surface area contributed by atoms with E-state index in [9.17, 15) is 15.0 Å². The number of aliphatic hydroxyl groups is 2. The molecule has 0 rings (SSSR count). The van der Waals surface area contributed by atoms with E-state index in [1.54, 1.807) is 0 Å². The summed E-state index contributed by atoms with van der Waals surface area (Å²) >= 11 is 0. The fourth-order valence-electron chi connectivity index (χ4n) is 0.939. The van der Waals surface area contributed by atoms with Crippen molar-refractivity contribution in [3.63, 3.8) is 0 Å². The molecule has 0 aliphatic heterocycles. The molecule has 2 atom stereocenters. The van der Waals surface area contributed by atoms with E-state index in [0.717, 1.165) is 0 Å². The van der Waals surface area contributed by atoms with Crippen molar-refractivity contribution in [1.29, 1.82) is 0 Å². The van der Waals surface area contributed by atoms with Crippen molar-refractivity contribution in [2.45, 2.75) is 24.5 Å². The minimum atomic E-state index is -2.16. The second-order valence-electron chi connectivity index (χ2n) is 2.76. The second kappa shape index (κ2) is 4.79. The highest BCUT2D eigenvalue weighted by Gasteiger charge is 2.41. The fourth-order valence-corrected chi connectivity index (χ4v) is 0.939. The van der Waals surface area contributed by atoms with Crippen LogP contribution in [0, 0.1) is 0 Å². The lowest BCUT2D eigenvalue weighted by Gasteiger charge is -2.26. The van der Waals surface area contributed by atoms with E-state index in [0.29, 0.717) is 0 Å². The largest absolute Gasteiger partial charge is 0.479 e. The minimum absolute atomic E-state index is 0.0244. The number of hydrogen-bond donors (Lipinski definition) is 3. The summed E-state index contributed by atoms with van der Waals surface area (Å²) in [5.41, 5.74) is -2.16. The summed E-state index contributed by atoms with van der Waals surface area (Å²) in [6, 6.07) is 0. The summed E-state index contributed by atoms with van der Waals surface area (Å²) < 4.78 is 0. The molecule has 0 saturated carbocycles. The fraction of sp³-hybridized carbons (Fsp3) is 0.444. The Balaban J connectivity index is 4.65. The van der Waals surface area contributed by atoms with Gasteiger partial charge in [0.15, 0.2) is 5.60 Å². The van der Waals surface area contributed by atoms with Gasteiger partial charge in [-0.15, -0.1) is 13.2 Å². The minimum Gasteiger partial charge on any atom is -0.479 e. The number of carboxylic acid groups (broad SMARTS) is 1. The summed E-state index contributed by atoms with van der Waals surface area (Å²) in [5.74, 6) is -1.46. The van der Waals surface area contributed by atoms with Crippen molar-refractivity contribution in [2.75, 3.05) is 0 Å². The molecule has 0 saturated heterocycles. The van der Waals surface area contributed by atoms with Crippen molar-refractivity contribution in [3.05, 3.63) is 25.3 Å². The Bertz CT molecular complexity index is 212. The molecule has 0 aromatic carbocycles. The molecule has 13 heavy (non-hydrogen) atoms. The molecule has 4 heteroatoms. The summed E-state index contributed by atoms with van der Waals surface area (Å²) in [5, 5.41) is 27.5. The van der Waals surface area contributed by atoms with Gasteiger partial charge in [-0.25, -0.2) is 4.79 Å². The predicted molar refractivity (Wildman–Crippen MR) is 48.2 cm³/mol. The summed E-state index contributed by atoms with van der Waals surface area (Å²) in [6.07, 6.45) is 1.07. The van der Waals surface area contributed by atoms with Crippen LogP contribution in [-0.2, 0) is 4.79 Å². The van der Waals surface area contributed by atoms with Crippen LogP contribution in [-0.4, -0.2) is 33.0 Å². The van der Waals surface area contributed by atoms with Crippen LogP contribution in [0.4, 0.5) is 0 Å². The van der Waals surface area contributed by atoms with E-state index < -0.39 is 17.7 Å². The molecule has 0 heterocycles. The second-order valence-corrected chi connectivity index (χ2v) is 2.76. The van der Waals surface area contributed by atoms with E-state index in [-0.39, 0.29) is 12.8 Å². The Labute approximate surface area is 76.8 Å². The Hall–Kier alpha value is -1.13. The monoisotopic (exact) mass is 186 g/mol. The number of aliphatic hydroxyl groups excluding tert-OH is 1. The van der Waals surface area contributed by atoms with Crippen LogP contribution in [0.3, 0.4) is 0 Å². The van der Waals surface area contributed by atoms with E-state index >= 15 is 0 Å². The zero-order chi connectivity index (χ0) is 10.5. The van der Waals surface area contributed by atoms with E-state index in [1.165, 1.54) is 12.2 Å². The van der Waals surface area contributed by atoms with Crippen LogP contribution in [0.2, 0.25) is 0 Å². The van der Waals surface area contributed by atoms with E-state index in [4.69, 9.17) is 5.11 Å². The maximum atomic E-state index is 10.6. The van der Waals surface area contributed by atoms with Crippen LogP contribution in [0.25, 0.3) is 0 Å². The normalized spacial score (nSPS) is 17.1. The zero-order valence-electron chi connectivity index (χ0n) is 7.31. The predicted octanol–water partition coefficient (Wildman–Crippen LogP) is 0.315. The number of hydrogen-bond acceptors (Lipinski definition) is 3. The molecule has 2 unspecified atom stereocenters. The topological polar surface area (TPSA) is 77.8 Å². The van der Waals surface area contributed by atoms with Crippen molar-refractivity contribution in [1.82, 2.24) is 0 Å². The Morgan fingerprint density at radius 1 is 1.46 bits per heavy atom. The van der Waals surface area contributed by atoms with E-state index in [2.05, 4.69) is 13.2 Å². The third-order valence-corrected chi connectivity index (χ3v) is 1.77. The number of carboxylic acids is 1. The standard InChI is InChI=1S/C9H14O4/c1-3-5-7(10)9(13,6-4-2)8(11)12/h3-4,7,10,13H,1-2,5-6H2,(H,11,12). The molecule has 0 aliphatic carbocycles. The highest BCUT2D eigenvalue weighted by atomic mass is 16.4. The zero-order valence-corrected chi connectivity index (χ0v) is 7.31. The van der Waals surface area contributed by atoms with Crippen LogP contribution in [0.1, 0.15) is 12.8 Å². The molecule has 0 spiro atoms. The first-order chi connectivity index (χ1) is 5.99. The van der Waals surface area contributed by atoms with Gasteiger partial charge in [-0.2, -0.15) is 0 Å². The van der Waals surface area contributed by atoms with Gasteiger partial charge < -0.3 is 15.3 Å². The third kappa shape index (κ3) is 2.68. The van der Waals surface area contributed by atoms with Crippen LogP contribution >= 0.6 is 0 Å². The van der Waals surface area contributed by atoms with Gasteiger partial charge in [-0.3, -0.25) is 0 Å². The molecule has 74 valence electrons. The number of rotatable bonds is 6. The maximum Gasteiger partial charge on any atom is 0.338 e. The lowest BCUT2D eigenvalue weighted by molar-refractivity contribution is -0.170. The molecule has 3 N–H and O–H groups in total. The highest BCUT2D eigenvalue weighted by Crippen LogP contribution is 2.19. The van der Waals surface area contributed by atoms with Crippen molar-refractivity contribution in [2.24, 2.45) is 0 Å². The average molecular weight is 186 g/mol. The van der Waals surface area contributed by atoms with Gasteiger partial charge in [0.2, 0.25) is 0 Å². The van der Waals surface area contributed by atoms with Gasteiger partial charge in [0.1, 0.15) is 0 Å². The van der Waals surface area contributed by atoms with Gasteiger partial charge in [0, 0.05) is 6.42 Å². The van der Waals surface area contributed by atoms with Crippen molar-refractivity contribution < 1.29 is 20.1 Å². The Kier molecular flexibility index (Phi) is 4.37. The van der Waals surface area contributed by atoms with Crippen LogP contribution in [0.5, 0.6) is 0 Å². The third-order valence-electron chi connectivity index (χ3n) is 1.77. The van der Waals surface area contributed by atoms with Crippen molar-refractivity contribution in [3.8, 4) is 0 Å². The lowest BCUT2D eigenvalue weighted by atomic mass is 9.91. The van der Waals surface area contributed by atoms with Gasteiger partial charge in [-0.1, -0.05) is 12.2 Å². The molecule has 0 aromatic rings. The SMILES string of the molecule is C=CCC(O)C(O)(CC=C)C(=O)O.